The number of non-ortho nitro benzene ring substituents is 1. The van der Waals surface area contributed by atoms with Crippen LogP contribution in [0.5, 0.6) is 0 Å². The van der Waals surface area contributed by atoms with E-state index in [4.69, 9.17) is 4.74 Å². The lowest BCUT2D eigenvalue weighted by Gasteiger charge is -2.16. The molecule has 1 heterocycles. The molecule has 7 heteroatoms. The first-order chi connectivity index (χ1) is 10.1. The zero-order valence-corrected chi connectivity index (χ0v) is 11.3. The van der Waals surface area contributed by atoms with Crippen LogP contribution in [0, 0.1) is 10.1 Å². The first-order valence-electron chi connectivity index (χ1n) is 6.12. The summed E-state index contributed by atoms with van der Waals surface area (Å²) in [6.07, 6.45) is 2.70. The molecule has 0 aliphatic heterocycles. The molecule has 0 unspecified atom stereocenters. The fraction of sp³-hybridized carbons (Fsp3) is 0.143. The van der Waals surface area contributed by atoms with Gasteiger partial charge in [0.15, 0.2) is 0 Å². The Labute approximate surface area is 120 Å². The summed E-state index contributed by atoms with van der Waals surface area (Å²) in [4.78, 5) is 27.2. The van der Waals surface area contributed by atoms with Crippen LogP contribution in [0.4, 0.5) is 16.2 Å². The lowest BCUT2D eigenvalue weighted by atomic mass is 10.3. The fourth-order valence-corrected chi connectivity index (χ4v) is 1.63. The van der Waals surface area contributed by atoms with Gasteiger partial charge in [-0.05, 0) is 18.2 Å². The lowest BCUT2D eigenvalue weighted by molar-refractivity contribution is -0.384. The lowest BCUT2D eigenvalue weighted by Crippen LogP contribution is -2.26. The molecule has 2 rings (SSSR count). The maximum atomic E-state index is 11.9. The third-order valence-corrected chi connectivity index (χ3v) is 2.81. The number of carbonyl (C=O) groups excluding carboxylic acids is 1. The van der Waals surface area contributed by atoms with Gasteiger partial charge in [-0.2, -0.15) is 0 Å². The normalized spacial score (nSPS) is 9.95. The van der Waals surface area contributed by atoms with Gasteiger partial charge in [0.05, 0.1) is 4.92 Å². The number of rotatable bonds is 4. The Morgan fingerprint density at radius 1 is 1.33 bits per heavy atom. The predicted molar refractivity (Wildman–Crippen MR) is 75.9 cm³/mol. The number of carbonyl (C=O) groups is 1. The highest BCUT2D eigenvalue weighted by atomic mass is 16.6. The third kappa shape index (κ3) is 3.75. The van der Waals surface area contributed by atoms with Crippen LogP contribution >= 0.6 is 0 Å². The van der Waals surface area contributed by atoms with Crippen LogP contribution in [0.3, 0.4) is 0 Å². The number of anilines is 1. The molecule has 108 valence electrons. The molecule has 0 bridgehead atoms. The van der Waals surface area contributed by atoms with Crippen molar-refractivity contribution >= 4 is 17.5 Å². The topological polar surface area (TPSA) is 85.6 Å². The second-order valence-corrected chi connectivity index (χ2v) is 4.25. The van der Waals surface area contributed by atoms with Crippen molar-refractivity contribution in [2.45, 2.75) is 6.61 Å². The van der Waals surface area contributed by atoms with E-state index in [1.165, 1.54) is 36.2 Å². The van der Waals surface area contributed by atoms with Crippen molar-refractivity contribution in [3.63, 3.8) is 0 Å². The number of nitro groups is 1. The molecule has 0 N–H and O–H groups in total. The molecule has 0 aliphatic rings. The monoisotopic (exact) mass is 287 g/mol. The van der Waals surface area contributed by atoms with E-state index < -0.39 is 11.0 Å². The molecule has 0 fully saturated rings. The van der Waals surface area contributed by atoms with Crippen LogP contribution in [0.1, 0.15) is 5.56 Å². The van der Waals surface area contributed by atoms with Gasteiger partial charge in [-0.1, -0.05) is 6.07 Å². The van der Waals surface area contributed by atoms with Crippen LogP contribution in [0.2, 0.25) is 0 Å². The number of benzene rings is 1. The Bertz CT molecular complexity index is 628. The second kappa shape index (κ2) is 6.47. The Kier molecular flexibility index (Phi) is 4.45. The van der Waals surface area contributed by atoms with Gasteiger partial charge in [-0.3, -0.25) is 20.0 Å². The van der Waals surface area contributed by atoms with Crippen molar-refractivity contribution in [2.75, 3.05) is 11.9 Å². The summed E-state index contributed by atoms with van der Waals surface area (Å²) in [5, 5.41) is 10.6. The summed E-state index contributed by atoms with van der Waals surface area (Å²) in [5.41, 5.74) is 1.26. The van der Waals surface area contributed by atoms with Crippen LogP contribution in [-0.4, -0.2) is 23.0 Å². The molecule has 0 aliphatic carbocycles. The van der Waals surface area contributed by atoms with Gasteiger partial charge in [-0.15, -0.1) is 0 Å². The highest BCUT2D eigenvalue weighted by molar-refractivity contribution is 5.87. The Morgan fingerprint density at radius 2 is 2.05 bits per heavy atom. The van der Waals surface area contributed by atoms with Gasteiger partial charge in [0.2, 0.25) is 0 Å². The molecule has 0 saturated heterocycles. The average Bonchev–Trinajstić information content (AvgIpc) is 2.53. The summed E-state index contributed by atoms with van der Waals surface area (Å²) in [7, 11) is 1.53. The first-order valence-corrected chi connectivity index (χ1v) is 6.12. The maximum Gasteiger partial charge on any atom is 0.414 e. The predicted octanol–water partition coefficient (Wildman–Crippen LogP) is 2.76. The van der Waals surface area contributed by atoms with E-state index in [2.05, 4.69) is 4.98 Å². The van der Waals surface area contributed by atoms with E-state index in [9.17, 15) is 14.9 Å². The number of nitro benzene ring substituents is 1. The van der Waals surface area contributed by atoms with E-state index in [1.807, 2.05) is 0 Å². The summed E-state index contributed by atoms with van der Waals surface area (Å²) >= 11 is 0. The number of amides is 1. The number of ether oxygens (including phenoxy) is 1. The Morgan fingerprint density at radius 3 is 2.62 bits per heavy atom. The summed E-state index contributed by atoms with van der Waals surface area (Å²) in [6, 6.07) is 9.20. The molecule has 1 aromatic carbocycles. The van der Waals surface area contributed by atoms with E-state index in [0.29, 0.717) is 5.69 Å². The zero-order valence-electron chi connectivity index (χ0n) is 11.3. The van der Waals surface area contributed by atoms with Crippen molar-refractivity contribution in [3.8, 4) is 0 Å². The second-order valence-electron chi connectivity index (χ2n) is 4.25. The number of pyridine rings is 1. The van der Waals surface area contributed by atoms with Crippen LogP contribution in [0.25, 0.3) is 0 Å². The van der Waals surface area contributed by atoms with Crippen molar-refractivity contribution in [2.24, 2.45) is 0 Å². The highest BCUT2D eigenvalue weighted by Crippen LogP contribution is 2.19. The smallest absolute Gasteiger partial charge is 0.414 e. The number of aromatic nitrogens is 1. The first kappa shape index (κ1) is 14.4. The van der Waals surface area contributed by atoms with Crippen molar-refractivity contribution in [1.29, 1.82) is 0 Å². The van der Waals surface area contributed by atoms with Gasteiger partial charge in [0.1, 0.15) is 6.61 Å². The molecule has 0 saturated carbocycles. The van der Waals surface area contributed by atoms with Crippen LogP contribution in [0.15, 0.2) is 48.8 Å². The third-order valence-electron chi connectivity index (χ3n) is 2.81. The standard InChI is InChI=1S/C14H13N3O4/c1-16(12-4-6-13(7-5-12)17(19)20)14(18)21-10-11-3-2-8-15-9-11/h2-9H,10H2,1H3. The molecule has 0 spiro atoms. The Hall–Kier alpha value is -2.96. The van der Waals surface area contributed by atoms with Gasteiger partial charge in [0, 0.05) is 42.8 Å². The minimum atomic E-state index is -0.548. The SMILES string of the molecule is CN(C(=O)OCc1cccnc1)c1ccc([N+](=O)[O-])cc1. The maximum absolute atomic E-state index is 11.9. The summed E-state index contributed by atoms with van der Waals surface area (Å²) in [5.74, 6) is 0. The molecule has 2 aromatic rings. The van der Waals surface area contributed by atoms with Crippen molar-refractivity contribution < 1.29 is 14.5 Å². The molecule has 1 aromatic heterocycles. The number of hydrogen-bond donors (Lipinski definition) is 0. The quantitative estimate of drug-likeness (QED) is 0.637. The summed E-state index contributed by atoms with van der Waals surface area (Å²) in [6.45, 7) is 0.115. The minimum Gasteiger partial charge on any atom is -0.444 e. The molecule has 0 radical (unpaired) electrons. The van der Waals surface area contributed by atoms with E-state index in [-0.39, 0.29) is 12.3 Å². The number of hydrogen-bond acceptors (Lipinski definition) is 5. The number of nitrogens with zero attached hydrogens (tertiary/aromatic N) is 3. The largest absolute Gasteiger partial charge is 0.444 e. The minimum absolute atomic E-state index is 0.0316. The van der Waals surface area contributed by atoms with Gasteiger partial charge in [0.25, 0.3) is 5.69 Å². The molecule has 0 atom stereocenters. The van der Waals surface area contributed by atoms with Crippen molar-refractivity contribution in [1.82, 2.24) is 4.98 Å². The Balaban J connectivity index is 1.97. The van der Waals surface area contributed by atoms with Gasteiger partial charge < -0.3 is 4.74 Å². The van der Waals surface area contributed by atoms with Gasteiger partial charge in [-0.25, -0.2) is 4.79 Å². The highest BCUT2D eigenvalue weighted by Gasteiger charge is 2.14. The molecule has 21 heavy (non-hydrogen) atoms. The van der Waals surface area contributed by atoms with Crippen LogP contribution < -0.4 is 4.90 Å². The molecule has 7 nitrogen and oxygen atoms in total. The van der Waals surface area contributed by atoms with E-state index >= 15 is 0 Å². The van der Waals surface area contributed by atoms with Crippen molar-refractivity contribution in [3.05, 3.63) is 64.5 Å². The zero-order chi connectivity index (χ0) is 15.2. The fourth-order valence-electron chi connectivity index (χ4n) is 1.63. The van der Waals surface area contributed by atoms with E-state index in [0.717, 1.165) is 5.56 Å². The van der Waals surface area contributed by atoms with E-state index in [1.54, 1.807) is 24.5 Å². The summed E-state index contributed by atoms with van der Waals surface area (Å²) < 4.78 is 5.14. The van der Waals surface area contributed by atoms with Crippen LogP contribution in [-0.2, 0) is 11.3 Å². The molecule has 1 amide bonds. The average molecular weight is 287 g/mol. The molecular formula is C14H13N3O4. The van der Waals surface area contributed by atoms with Gasteiger partial charge >= 0.3 is 6.09 Å². The molecular weight excluding hydrogens is 274 g/mol.